The Morgan fingerprint density at radius 2 is 1.65 bits per heavy atom. The van der Waals surface area contributed by atoms with E-state index in [0.29, 0.717) is 26.2 Å². The highest BCUT2D eigenvalue weighted by Crippen LogP contribution is 2.23. The SMILES string of the molecule is CC(OC(=O)c1cc(S(=O)(=O)N2CCCC2)cn1C)C(=O)N1CCCC1. The maximum Gasteiger partial charge on any atom is 0.355 e. The standard InChI is InChI=1S/C17H25N3O5S/c1-13(16(21)19-7-3-4-8-19)25-17(22)15-11-14(12-18(15)2)26(23,24)20-9-5-6-10-20/h11-13H,3-10H2,1-2H3. The first kappa shape index (κ1) is 18.9. The molecule has 0 saturated carbocycles. The third kappa shape index (κ3) is 3.64. The molecule has 2 aliphatic rings. The van der Waals surface area contributed by atoms with E-state index in [0.717, 1.165) is 25.7 Å². The third-order valence-corrected chi connectivity index (χ3v) is 6.81. The second kappa shape index (κ2) is 7.40. The van der Waals surface area contributed by atoms with Gasteiger partial charge in [-0.3, -0.25) is 4.79 Å². The maximum absolute atomic E-state index is 12.6. The Bertz CT molecular complexity index is 789. The molecule has 2 fully saturated rings. The summed E-state index contributed by atoms with van der Waals surface area (Å²) in [6, 6.07) is 1.32. The monoisotopic (exact) mass is 383 g/mol. The number of aromatic nitrogens is 1. The Morgan fingerprint density at radius 3 is 2.27 bits per heavy atom. The largest absolute Gasteiger partial charge is 0.448 e. The van der Waals surface area contributed by atoms with Gasteiger partial charge in [-0.2, -0.15) is 4.31 Å². The molecule has 0 bridgehead atoms. The summed E-state index contributed by atoms with van der Waals surface area (Å²) in [7, 11) is -2.01. The molecule has 0 N–H and O–H groups in total. The van der Waals surface area contributed by atoms with Gasteiger partial charge in [0.15, 0.2) is 6.10 Å². The molecule has 0 spiro atoms. The second-order valence-corrected chi connectivity index (χ2v) is 8.80. The summed E-state index contributed by atoms with van der Waals surface area (Å²) in [5.74, 6) is -0.912. The normalized spacial score (nSPS) is 19.7. The summed E-state index contributed by atoms with van der Waals surface area (Å²) in [4.78, 5) is 26.5. The van der Waals surface area contributed by atoms with Crippen molar-refractivity contribution >= 4 is 21.9 Å². The molecule has 1 atom stereocenters. The highest BCUT2D eigenvalue weighted by Gasteiger charge is 2.31. The van der Waals surface area contributed by atoms with E-state index in [1.54, 1.807) is 18.9 Å². The van der Waals surface area contributed by atoms with Crippen LogP contribution in [-0.2, 0) is 26.6 Å². The lowest BCUT2D eigenvalue weighted by atomic mass is 10.3. The molecule has 0 aliphatic carbocycles. The molecule has 1 aromatic heterocycles. The number of carbonyl (C=O) groups excluding carboxylic acids is 2. The van der Waals surface area contributed by atoms with Crippen molar-refractivity contribution in [3.63, 3.8) is 0 Å². The first-order chi connectivity index (χ1) is 12.3. The van der Waals surface area contributed by atoms with Crippen LogP contribution >= 0.6 is 0 Å². The fourth-order valence-corrected chi connectivity index (χ4v) is 5.01. The van der Waals surface area contributed by atoms with E-state index >= 15 is 0 Å². The van der Waals surface area contributed by atoms with E-state index < -0.39 is 22.1 Å². The van der Waals surface area contributed by atoms with E-state index in [-0.39, 0.29) is 16.5 Å². The molecule has 2 saturated heterocycles. The van der Waals surface area contributed by atoms with E-state index in [9.17, 15) is 18.0 Å². The lowest BCUT2D eigenvalue weighted by Gasteiger charge is -2.20. The Morgan fingerprint density at radius 1 is 1.08 bits per heavy atom. The van der Waals surface area contributed by atoms with Gasteiger partial charge in [0.25, 0.3) is 5.91 Å². The molecule has 9 heteroatoms. The van der Waals surface area contributed by atoms with Gasteiger partial charge < -0.3 is 14.2 Å². The maximum atomic E-state index is 12.6. The zero-order valence-electron chi connectivity index (χ0n) is 15.2. The van der Waals surface area contributed by atoms with Gasteiger partial charge in [0.1, 0.15) is 10.6 Å². The number of esters is 1. The van der Waals surface area contributed by atoms with Crippen LogP contribution in [0.3, 0.4) is 0 Å². The summed E-state index contributed by atoms with van der Waals surface area (Å²) in [5, 5.41) is 0. The molecule has 1 unspecified atom stereocenters. The van der Waals surface area contributed by atoms with Crippen molar-refractivity contribution in [2.24, 2.45) is 7.05 Å². The Balaban J connectivity index is 1.72. The van der Waals surface area contributed by atoms with Crippen LogP contribution in [0.25, 0.3) is 0 Å². The minimum Gasteiger partial charge on any atom is -0.448 e. The van der Waals surface area contributed by atoms with Gasteiger partial charge in [0, 0.05) is 39.4 Å². The fraction of sp³-hybridized carbons (Fsp3) is 0.647. The number of hydrogen-bond donors (Lipinski definition) is 0. The number of ether oxygens (including phenoxy) is 1. The summed E-state index contributed by atoms with van der Waals surface area (Å²) in [6.45, 7) is 3.91. The minimum absolute atomic E-state index is 0.0763. The van der Waals surface area contributed by atoms with Gasteiger partial charge >= 0.3 is 5.97 Å². The zero-order valence-corrected chi connectivity index (χ0v) is 16.0. The molecule has 1 aromatic rings. The second-order valence-electron chi connectivity index (χ2n) is 6.86. The predicted octanol–water partition coefficient (Wildman–Crippen LogP) is 0.977. The van der Waals surface area contributed by atoms with Crippen LogP contribution in [0, 0.1) is 0 Å². The first-order valence-electron chi connectivity index (χ1n) is 8.97. The number of hydrogen-bond acceptors (Lipinski definition) is 5. The van der Waals surface area contributed by atoms with Gasteiger partial charge in [0.05, 0.1) is 0 Å². The highest BCUT2D eigenvalue weighted by molar-refractivity contribution is 7.89. The van der Waals surface area contributed by atoms with Crippen LogP contribution in [0.4, 0.5) is 0 Å². The summed E-state index contributed by atoms with van der Waals surface area (Å²) in [6.07, 6.45) is 4.13. The van der Waals surface area contributed by atoms with Crippen LogP contribution in [0.1, 0.15) is 43.1 Å². The third-order valence-electron chi connectivity index (χ3n) is 4.94. The molecule has 8 nitrogen and oxygen atoms in total. The van der Waals surface area contributed by atoms with Gasteiger partial charge in [-0.1, -0.05) is 0 Å². The average molecular weight is 383 g/mol. The van der Waals surface area contributed by atoms with Gasteiger partial charge in [-0.05, 0) is 38.7 Å². The number of carbonyl (C=O) groups is 2. The van der Waals surface area contributed by atoms with Crippen molar-refractivity contribution in [1.82, 2.24) is 13.8 Å². The van der Waals surface area contributed by atoms with Crippen LogP contribution in [0.5, 0.6) is 0 Å². The quantitative estimate of drug-likeness (QED) is 0.707. The fourth-order valence-electron chi connectivity index (χ4n) is 3.42. The number of nitrogens with zero attached hydrogens (tertiary/aromatic N) is 3. The Labute approximate surface area is 153 Å². The molecular formula is C17H25N3O5S. The Kier molecular flexibility index (Phi) is 5.38. The topological polar surface area (TPSA) is 88.9 Å². The molecule has 3 rings (SSSR count). The smallest absolute Gasteiger partial charge is 0.355 e. The number of likely N-dealkylation sites (tertiary alicyclic amines) is 1. The molecule has 144 valence electrons. The van der Waals surface area contributed by atoms with E-state index in [4.69, 9.17) is 4.74 Å². The van der Waals surface area contributed by atoms with Gasteiger partial charge in [-0.25, -0.2) is 13.2 Å². The first-order valence-corrected chi connectivity index (χ1v) is 10.4. The highest BCUT2D eigenvalue weighted by atomic mass is 32.2. The van der Waals surface area contributed by atoms with Crippen LogP contribution in [0.15, 0.2) is 17.2 Å². The van der Waals surface area contributed by atoms with Gasteiger partial charge in [-0.15, -0.1) is 0 Å². The molecule has 26 heavy (non-hydrogen) atoms. The molecule has 0 radical (unpaired) electrons. The molecule has 0 aromatic carbocycles. The lowest BCUT2D eigenvalue weighted by Crippen LogP contribution is -2.38. The van der Waals surface area contributed by atoms with Crippen LogP contribution in [-0.4, -0.2) is 66.3 Å². The van der Waals surface area contributed by atoms with Crippen molar-refractivity contribution in [2.45, 2.75) is 43.6 Å². The van der Waals surface area contributed by atoms with Gasteiger partial charge in [0.2, 0.25) is 10.0 Å². The van der Waals surface area contributed by atoms with Crippen LogP contribution < -0.4 is 0 Å². The number of aryl methyl sites for hydroxylation is 1. The van der Waals surface area contributed by atoms with Crippen molar-refractivity contribution in [3.8, 4) is 0 Å². The van der Waals surface area contributed by atoms with Crippen molar-refractivity contribution in [1.29, 1.82) is 0 Å². The molecule has 1 amide bonds. The van der Waals surface area contributed by atoms with Crippen molar-refractivity contribution < 1.29 is 22.7 Å². The average Bonchev–Trinajstić information content (AvgIpc) is 3.34. The lowest BCUT2D eigenvalue weighted by molar-refractivity contribution is -0.138. The van der Waals surface area contributed by atoms with E-state index in [2.05, 4.69) is 0 Å². The zero-order chi connectivity index (χ0) is 18.9. The number of sulfonamides is 1. The molecule has 3 heterocycles. The number of amides is 1. The summed E-state index contributed by atoms with van der Waals surface area (Å²) < 4.78 is 33.4. The predicted molar refractivity (Wildman–Crippen MR) is 94.1 cm³/mol. The van der Waals surface area contributed by atoms with Crippen molar-refractivity contribution in [2.75, 3.05) is 26.2 Å². The summed E-state index contributed by atoms with van der Waals surface area (Å²) in [5.41, 5.74) is 0.115. The van der Waals surface area contributed by atoms with E-state index in [1.165, 1.54) is 21.1 Å². The van der Waals surface area contributed by atoms with E-state index in [1.807, 2.05) is 0 Å². The molecular weight excluding hydrogens is 358 g/mol. The van der Waals surface area contributed by atoms with Crippen LogP contribution in [0.2, 0.25) is 0 Å². The Hall–Kier alpha value is -1.87. The van der Waals surface area contributed by atoms with Crippen molar-refractivity contribution in [3.05, 3.63) is 18.0 Å². The molecule has 2 aliphatic heterocycles. The minimum atomic E-state index is -3.60. The number of rotatable bonds is 5. The summed E-state index contributed by atoms with van der Waals surface area (Å²) >= 11 is 0.